The highest BCUT2D eigenvalue weighted by Gasteiger charge is 2.42. The Balaban J connectivity index is 2.17. The lowest BCUT2D eigenvalue weighted by molar-refractivity contribution is -0.184. The van der Waals surface area contributed by atoms with Crippen LogP contribution in [0.25, 0.3) is 0 Å². The van der Waals surface area contributed by atoms with Crippen molar-refractivity contribution in [2.75, 3.05) is 13.1 Å². The van der Waals surface area contributed by atoms with Crippen molar-refractivity contribution in [3.63, 3.8) is 0 Å². The molecule has 2 rings (SSSR count). The molecule has 1 atom stereocenters. The fraction of sp³-hybridized carbons (Fsp3) is 0.643. The first-order valence-corrected chi connectivity index (χ1v) is 7.27. The molecule has 0 saturated carbocycles. The summed E-state index contributed by atoms with van der Waals surface area (Å²) < 4.78 is 39.6. The molecule has 0 N–H and O–H groups in total. The zero-order valence-electron chi connectivity index (χ0n) is 12.3. The van der Waals surface area contributed by atoms with Crippen LogP contribution in [0.2, 0.25) is 0 Å². The summed E-state index contributed by atoms with van der Waals surface area (Å²) in [5, 5.41) is 3.96. The molecule has 0 spiro atoms. The van der Waals surface area contributed by atoms with E-state index in [0.717, 1.165) is 0 Å². The Labute approximate surface area is 125 Å². The lowest BCUT2D eigenvalue weighted by Crippen LogP contribution is -2.45. The second kappa shape index (κ2) is 6.50. The summed E-state index contributed by atoms with van der Waals surface area (Å²) in [7, 11) is 0. The number of amides is 1. The van der Waals surface area contributed by atoms with Gasteiger partial charge in [0, 0.05) is 25.7 Å². The van der Waals surface area contributed by atoms with Crippen LogP contribution in [0, 0.1) is 5.92 Å². The SMILES string of the molecule is CCCn1nc(C(=O)N2CCC[C@H](C(F)(F)F)C2)ccc1=O. The molecular formula is C14H18F3N3O2. The number of hydrogen-bond donors (Lipinski definition) is 0. The third-order valence-electron chi connectivity index (χ3n) is 3.69. The van der Waals surface area contributed by atoms with Gasteiger partial charge < -0.3 is 4.90 Å². The van der Waals surface area contributed by atoms with Crippen molar-refractivity contribution < 1.29 is 18.0 Å². The molecule has 0 bridgehead atoms. The Morgan fingerprint density at radius 2 is 2.14 bits per heavy atom. The van der Waals surface area contributed by atoms with Crippen LogP contribution in [0.3, 0.4) is 0 Å². The molecule has 8 heteroatoms. The van der Waals surface area contributed by atoms with Gasteiger partial charge in [0.1, 0.15) is 5.69 Å². The highest BCUT2D eigenvalue weighted by molar-refractivity contribution is 5.92. The van der Waals surface area contributed by atoms with Crippen LogP contribution in [0.5, 0.6) is 0 Å². The largest absolute Gasteiger partial charge is 0.393 e. The van der Waals surface area contributed by atoms with Gasteiger partial charge in [-0.1, -0.05) is 6.92 Å². The van der Waals surface area contributed by atoms with E-state index in [9.17, 15) is 22.8 Å². The van der Waals surface area contributed by atoms with Gasteiger partial charge >= 0.3 is 6.18 Å². The maximum Gasteiger partial charge on any atom is 0.393 e. The van der Waals surface area contributed by atoms with E-state index in [1.165, 1.54) is 21.7 Å². The molecule has 5 nitrogen and oxygen atoms in total. The molecule has 0 aromatic carbocycles. The number of aryl methyl sites for hydroxylation is 1. The Bertz CT molecular complexity index is 598. The highest BCUT2D eigenvalue weighted by Crippen LogP contribution is 2.33. The first kappa shape index (κ1) is 16.5. The van der Waals surface area contributed by atoms with Gasteiger partial charge in [-0.05, 0) is 25.3 Å². The lowest BCUT2D eigenvalue weighted by Gasteiger charge is -2.33. The molecule has 1 aliphatic heterocycles. The average molecular weight is 317 g/mol. The fourth-order valence-electron chi connectivity index (χ4n) is 2.53. The third kappa shape index (κ3) is 3.66. The van der Waals surface area contributed by atoms with Crippen LogP contribution in [0.15, 0.2) is 16.9 Å². The molecule has 0 radical (unpaired) electrons. The Hall–Kier alpha value is -1.86. The monoisotopic (exact) mass is 317 g/mol. The van der Waals surface area contributed by atoms with Gasteiger partial charge in [0.05, 0.1) is 5.92 Å². The fourth-order valence-corrected chi connectivity index (χ4v) is 2.53. The van der Waals surface area contributed by atoms with Crippen LogP contribution < -0.4 is 5.56 Å². The van der Waals surface area contributed by atoms with E-state index >= 15 is 0 Å². The van der Waals surface area contributed by atoms with Gasteiger partial charge in [-0.2, -0.15) is 18.3 Å². The molecule has 0 unspecified atom stereocenters. The van der Waals surface area contributed by atoms with Crippen LogP contribution in [0.1, 0.15) is 36.7 Å². The van der Waals surface area contributed by atoms with Crippen LogP contribution in [0.4, 0.5) is 13.2 Å². The predicted octanol–water partition coefficient (Wildman–Crippen LogP) is 2.07. The number of rotatable bonds is 3. The average Bonchev–Trinajstić information content (AvgIpc) is 2.48. The summed E-state index contributed by atoms with van der Waals surface area (Å²) in [5.41, 5.74) is -0.318. The van der Waals surface area contributed by atoms with Gasteiger partial charge in [-0.15, -0.1) is 0 Å². The van der Waals surface area contributed by atoms with Crippen molar-refractivity contribution in [3.8, 4) is 0 Å². The first-order chi connectivity index (χ1) is 10.3. The molecular weight excluding hydrogens is 299 g/mol. The van der Waals surface area contributed by atoms with Gasteiger partial charge in [0.2, 0.25) is 0 Å². The summed E-state index contributed by atoms with van der Waals surface area (Å²) in [6.07, 6.45) is -3.28. The van der Waals surface area contributed by atoms with Gasteiger partial charge in [-0.25, -0.2) is 4.68 Å². The number of halogens is 3. The number of carbonyl (C=O) groups excluding carboxylic acids is 1. The molecule has 0 aliphatic carbocycles. The van der Waals surface area contributed by atoms with Gasteiger partial charge in [0.25, 0.3) is 11.5 Å². The van der Waals surface area contributed by atoms with E-state index in [4.69, 9.17) is 0 Å². The Morgan fingerprint density at radius 1 is 1.41 bits per heavy atom. The normalized spacial score (nSPS) is 19.3. The number of hydrogen-bond acceptors (Lipinski definition) is 3. The summed E-state index contributed by atoms with van der Waals surface area (Å²) >= 11 is 0. The quantitative estimate of drug-likeness (QED) is 0.857. The summed E-state index contributed by atoms with van der Waals surface area (Å²) in [5.74, 6) is -2.05. The topological polar surface area (TPSA) is 55.2 Å². The molecule has 1 aliphatic rings. The standard InChI is InChI=1S/C14H18F3N3O2/c1-2-7-20-12(21)6-5-11(18-20)13(22)19-8-3-4-10(9-19)14(15,16)17/h5-6,10H,2-4,7-9H2,1H3/t10-/m0/s1. The molecule has 22 heavy (non-hydrogen) atoms. The van der Waals surface area contributed by atoms with Gasteiger partial charge in [0.15, 0.2) is 0 Å². The summed E-state index contributed by atoms with van der Waals surface area (Å²) in [4.78, 5) is 25.1. The number of likely N-dealkylation sites (tertiary alicyclic amines) is 1. The summed E-state index contributed by atoms with van der Waals surface area (Å²) in [6, 6.07) is 2.50. The summed E-state index contributed by atoms with van der Waals surface area (Å²) in [6.45, 7) is 2.16. The number of carbonyl (C=O) groups is 1. The zero-order chi connectivity index (χ0) is 16.3. The maximum absolute atomic E-state index is 12.8. The smallest absolute Gasteiger partial charge is 0.337 e. The Morgan fingerprint density at radius 3 is 2.77 bits per heavy atom. The molecule has 2 heterocycles. The van der Waals surface area contributed by atoms with E-state index in [0.29, 0.717) is 19.4 Å². The minimum absolute atomic E-state index is 0.0101. The van der Waals surface area contributed by atoms with Crippen molar-refractivity contribution in [2.45, 2.75) is 38.9 Å². The number of nitrogens with zero attached hydrogens (tertiary/aromatic N) is 3. The molecule has 1 fully saturated rings. The minimum atomic E-state index is -4.30. The van der Waals surface area contributed by atoms with Crippen LogP contribution >= 0.6 is 0 Å². The van der Waals surface area contributed by atoms with E-state index in [1.807, 2.05) is 6.92 Å². The number of piperidine rings is 1. The van der Waals surface area contributed by atoms with Gasteiger partial charge in [-0.3, -0.25) is 9.59 Å². The third-order valence-corrected chi connectivity index (χ3v) is 3.69. The van der Waals surface area contributed by atoms with E-state index in [2.05, 4.69) is 5.10 Å². The maximum atomic E-state index is 12.8. The molecule has 1 amide bonds. The van der Waals surface area contributed by atoms with E-state index in [-0.39, 0.29) is 30.8 Å². The van der Waals surface area contributed by atoms with Crippen molar-refractivity contribution in [3.05, 3.63) is 28.2 Å². The zero-order valence-corrected chi connectivity index (χ0v) is 12.3. The predicted molar refractivity (Wildman–Crippen MR) is 73.5 cm³/mol. The Kier molecular flexibility index (Phi) is 4.87. The molecule has 122 valence electrons. The molecule has 1 aromatic rings. The van der Waals surface area contributed by atoms with E-state index < -0.39 is 18.0 Å². The highest BCUT2D eigenvalue weighted by atomic mass is 19.4. The minimum Gasteiger partial charge on any atom is -0.337 e. The van der Waals surface area contributed by atoms with Crippen LogP contribution in [-0.4, -0.2) is 39.9 Å². The van der Waals surface area contributed by atoms with E-state index in [1.54, 1.807) is 0 Å². The number of alkyl halides is 3. The molecule has 1 aromatic heterocycles. The lowest BCUT2D eigenvalue weighted by atomic mass is 9.97. The number of aromatic nitrogens is 2. The van der Waals surface area contributed by atoms with Crippen molar-refractivity contribution in [1.29, 1.82) is 0 Å². The second-order valence-corrected chi connectivity index (χ2v) is 5.41. The van der Waals surface area contributed by atoms with Crippen molar-refractivity contribution in [1.82, 2.24) is 14.7 Å². The van der Waals surface area contributed by atoms with Crippen molar-refractivity contribution in [2.24, 2.45) is 5.92 Å². The first-order valence-electron chi connectivity index (χ1n) is 7.27. The van der Waals surface area contributed by atoms with Crippen molar-refractivity contribution >= 4 is 5.91 Å². The second-order valence-electron chi connectivity index (χ2n) is 5.41. The van der Waals surface area contributed by atoms with Crippen LogP contribution in [-0.2, 0) is 6.54 Å². The molecule has 1 saturated heterocycles.